The van der Waals surface area contributed by atoms with Crippen LogP contribution in [0.5, 0.6) is 5.75 Å². The second kappa shape index (κ2) is 7.29. The number of benzene rings is 2. The van der Waals surface area contributed by atoms with E-state index in [-0.39, 0.29) is 0 Å². The highest BCUT2D eigenvalue weighted by Gasteiger charge is 2.06. The predicted octanol–water partition coefficient (Wildman–Crippen LogP) is 4.28. The molecule has 0 aliphatic heterocycles. The summed E-state index contributed by atoms with van der Waals surface area (Å²) in [6, 6.07) is 11.7. The molecular weight excluding hydrogens is 264 g/mol. The third kappa shape index (κ3) is 3.96. The smallest absolute Gasteiger partial charge is 0.328 e. The summed E-state index contributed by atoms with van der Waals surface area (Å²) < 4.78 is 5.79. The fourth-order valence-corrected chi connectivity index (χ4v) is 2.14. The molecule has 0 saturated heterocycles. The number of hydrogen-bond donors (Lipinski definition) is 1. The monoisotopic (exact) mass is 282 g/mol. The van der Waals surface area contributed by atoms with E-state index in [0.717, 1.165) is 35.3 Å². The summed E-state index contributed by atoms with van der Waals surface area (Å²) in [6.45, 7) is 4.26. The van der Waals surface area contributed by atoms with Gasteiger partial charge in [0.1, 0.15) is 5.75 Å². The lowest BCUT2D eigenvalue weighted by Crippen LogP contribution is -1.99. The van der Waals surface area contributed by atoms with E-state index in [4.69, 9.17) is 9.84 Å². The maximum absolute atomic E-state index is 10.8. The van der Waals surface area contributed by atoms with Crippen LogP contribution in [0.1, 0.15) is 18.4 Å². The Hall–Kier alpha value is -2.55. The Balaban J connectivity index is 2.36. The molecule has 2 aromatic rings. The number of hydrogen-bond acceptors (Lipinski definition) is 2. The summed E-state index contributed by atoms with van der Waals surface area (Å²) in [5, 5.41) is 10.9. The van der Waals surface area contributed by atoms with Crippen molar-refractivity contribution in [3.8, 4) is 5.75 Å². The van der Waals surface area contributed by atoms with E-state index < -0.39 is 5.97 Å². The largest absolute Gasteiger partial charge is 0.493 e. The van der Waals surface area contributed by atoms with Crippen molar-refractivity contribution in [2.75, 3.05) is 6.61 Å². The van der Waals surface area contributed by atoms with Gasteiger partial charge < -0.3 is 9.84 Å². The molecular formula is C18H18O3. The molecule has 0 fully saturated rings. The Kier molecular flexibility index (Phi) is 5.16. The molecule has 3 heteroatoms. The van der Waals surface area contributed by atoms with Crippen LogP contribution in [0, 0.1) is 0 Å². The first kappa shape index (κ1) is 14.9. The van der Waals surface area contributed by atoms with Crippen LogP contribution in [0.25, 0.3) is 16.8 Å². The molecule has 0 aliphatic rings. The van der Waals surface area contributed by atoms with Crippen molar-refractivity contribution >= 4 is 22.8 Å². The van der Waals surface area contributed by atoms with Gasteiger partial charge in [-0.15, -0.1) is 6.58 Å². The normalized spacial score (nSPS) is 10.9. The van der Waals surface area contributed by atoms with Crippen molar-refractivity contribution < 1.29 is 14.6 Å². The lowest BCUT2D eigenvalue weighted by molar-refractivity contribution is -0.131. The highest BCUT2D eigenvalue weighted by atomic mass is 16.5. The number of ether oxygens (including phenoxy) is 1. The van der Waals surface area contributed by atoms with E-state index in [0.29, 0.717) is 12.4 Å². The van der Waals surface area contributed by atoms with E-state index in [1.54, 1.807) is 6.08 Å². The van der Waals surface area contributed by atoms with Crippen LogP contribution in [0.15, 0.2) is 55.1 Å². The zero-order chi connectivity index (χ0) is 15.1. The van der Waals surface area contributed by atoms with Crippen molar-refractivity contribution in [2.45, 2.75) is 12.8 Å². The van der Waals surface area contributed by atoms with E-state index >= 15 is 0 Å². The third-order valence-corrected chi connectivity index (χ3v) is 3.13. The van der Waals surface area contributed by atoms with Gasteiger partial charge in [0, 0.05) is 11.6 Å². The molecule has 0 aromatic heterocycles. The predicted molar refractivity (Wildman–Crippen MR) is 85.5 cm³/mol. The molecule has 0 atom stereocenters. The zero-order valence-electron chi connectivity index (χ0n) is 11.8. The number of carbonyl (C=O) groups is 1. The summed E-state index contributed by atoms with van der Waals surface area (Å²) in [5.41, 5.74) is 0.800. The first-order valence-corrected chi connectivity index (χ1v) is 6.89. The van der Waals surface area contributed by atoms with Crippen LogP contribution in [-0.4, -0.2) is 17.7 Å². The molecule has 0 spiro atoms. The number of unbranched alkanes of at least 4 members (excludes halogenated alkanes) is 1. The van der Waals surface area contributed by atoms with Crippen LogP contribution in [0.4, 0.5) is 0 Å². The maximum Gasteiger partial charge on any atom is 0.328 e. The quantitative estimate of drug-likeness (QED) is 0.468. The Labute approximate surface area is 124 Å². The highest BCUT2D eigenvalue weighted by Crippen LogP contribution is 2.29. The van der Waals surface area contributed by atoms with Crippen LogP contribution in [-0.2, 0) is 4.79 Å². The van der Waals surface area contributed by atoms with E-state index in [1.807, 2.05) is 42.5 Å². The first-order chi connectivity index (χ1) is 10.2. The highest BCUT2D eigenvalue weighted by molar-refractivity contribution is 5.96. The topological polar surface area (TPSA) is 46.5 Å². The SMILES string of the molecule is C=CCCCOc1ccc2ccccc2c1C=CC(=O)O. The Morgan fingerprint density at radius 2 is 2.05 bits per heavy atom. The molecule has 0 saturated carbocycles. The molecule has 21 heavy (non-hydrogen) atoms. The van der Waals surface area contributed by atoms with Gasteiger partial charge in [0.05, 0.1) is 6.61 Å². The molecule has 3 nitrogen and oxygen atoms in total. The van der Waals surface area contributed by atoms with Gasteiger partial charge in [0.2, 0.25) is 0 Å². The Bertz CT molecular complexity index is 671. The van der Waals surface area contributed by atoms with Crippen molar-refractivity contribution in [2.24, 2.45) is 0 Å². The van der Waals surface area contributed by atoms with Gasteiger partial charge in [-0.2, -0.15) is 0 Å². The molecule has 2 aromatic carbocycles. The second-order valence-electron chi connectivity index (χ2n) is 4.65. The van der Waals surface area contributed by atoms with Gasteiger partial charge in [-0.1, -0.05) is 36.4 Å². The van der Waals surface area contributed by atoms with E-state index in [1.165, 1.54) is 0 Å². The number of aliphatic carboxylic acids is 1. The molecule has 2 rings (SSSR count). The average molecular weight is 282 g/mol. The minimum absolute atomic E-state index is 0.582. The molecule has 0 amide bonds. The van der Waals surface area contributed by atoms with Gasteiger partial charge in [0.15, 0.2) is 0 Å². The van der Waals surface area contributed by atoms with Gasteiger partial charge >= 0.3 is 5.97 Å². The number of fused-ring (bicyclic) bond motifs is 1. The summed E-state index contributed by atoms with van der Waals surface area (Å²) in [7, 11) is 0. The summed E-state index contributed by atoms with van der Waals surface area (Å²) in [4.78, 5) is 10.8. The van der Waals surface area contributed by atoms with Crippen LogP contribution in [0.2, 0.25) is 0 Å². The minimum atomic E-state index is -0.972. The standard InChI is InChI=1S/C18H18O3/c1-2-3-6-13-21-17-11-9-14-7-4-5-8-15(14)16(17)10-12-18(19)20/h2,4-5,7-12H,1,3,6,13H2,(H,19,20). The van der Waals surface area contributed by atoms with Crippen molar-refractivity contribution in [1.82, 2.24) is 0 Å². The molecule has 108 valence electrons. The number of rotatable bonds is 7. The minimum Gasteiger partial charge on any atom is -0.493 e. The lowest BCUT2D eigenvalue weighted by atomic mass is 10.0. The number of allylic oxidation sites excluding steroid dienone is 1. The zero-order valence-corrected chi connectivity index (χ0v) is 11.8. The number of carboxylic acids is 1. The Morgan fingerprint density at radius 1 is 1.24 bits per heavy atom. The van der Waals surface area contributed by atoms with Gasteiger partial charge in [-0.25, -0.2) is 4.79 Å². The summed E-state index contributed by atoms with van der Waals surface area (Å²) >= 11 is 0. The molecule has 0 heterocycles. The molecule has 1 N–H and O–H groups in total. The fourth-order valence-electron chi connectivity index (χ4n) is 2.14. The summed E-state index contributed by atoms with van der Waals surface area (Å²) in [6.07, 6.45) is 6.37. The molecule has 0 radical (unpaired) electrons. The number of carboxylic acid groups (broad SMARTS) is 1. The molecule has 0 aliphatic carbocycles. The fraction of sp³-hybridized carbons (Fsp3) is 0.167. The lowest BCUT2D eigenvalue weighted by Gasteiger charge is -2.11. The van der Waals surface area contributed by atoms with Crippen molar-refractivity contribution in [3.63, 3.8) is 0 Å². The second-order valence-corrected chi connectivity index (χ2v) is 4.65. The molecule has 0 unspecified atom stereocenters. The van der Waals surface area contributed by atoms with Crippen molar-refractivity contribution in [3.05, 3.63) is 60.7 Å². The third-order valence-electron chi connectivity index (χ3n) is 3.13. The van der Waals surface area contributed by atoms with E-state index in [2.05, 4.69) is 6.58 Å². The maximum atomic E-state index is 10.8. The van der Waals surface area contributed by atoms with E-state index in [9.17, 15) is 4.79 Å². The average Bonchev–Trinajstić information content (AvgIpc) is 2.49. The summed E-state index contributed by atoms with van der Waals surface area (Å²) in [5.74, 6) is -0.268. The molecule has 0 bridgehead atoms. The van der Waals surface area contributed by atoms with Crippen LogP contribution in [0.3, 0.4) is 0 Å². The van der Waals surface area contributed by atoms with Crippen LogP contribution < -0.4 is 4.74 Å². The van der Waals surface area contributed by atoms with Gasteiger partial charge in [-0.05, 0) is 35.8 Å². The first-order valence-electron chi connectivity index (χ1n) is 6.89. The van der Waals surface area contributed by atoms with Gasteiger partial charge in [-0.3, -0.25) is 0 Å². The van der Waals surface area contributed by atoms with Crippen molar-refractivity contribution in [1.29, 1.82) is 0 Å². The van der Waals surface area contributed by atoms with Crippen LogP contribution >= 0.6 is 0 Å². The Morgan fingerprint density at radius 3 is 2.81 bits per heavy atom. The van der Waals surface area contributed by atoms with Gasteiger partial charge in [0.25, 0.3) is 0 Å².